The Morgan fingerprint density at radius 1 is 1.00 bits per heavy atom. The van der Waals surface area contributed by atoms with Gasteiger partial charge in [0, 0.05) is 36.1 Å². The van der Waals surface area contributed by atoms with Gasteiger partial charge in [-0.15, -0.1) is 0 Å². The molecule has 0 spiro atoms. The van der Waals surface area contributed by atoms with Gasteiger partial charge in [-0.2, -0.15) is 0 Å². The van der Waals surface area contributed by atoms with Crippen molar-refractivity contribution in [2.75, 3.05) is 23.7 Å². The molecule has 0 aliphatic heterocycles. The fourth-order valence-electron chi connectivity index (χ4n) is 4.08. The van der Waals surface area contributed by atoms with Gasteiger partial charge in [0.15, 0.2) is 0 Å². The Kier molecular flexibility index (Phi) is 10.8. The zero-order valence-electron chi connectivity index (χ0n) is 22.2. The Hall–Kier alpha value is -3.77. The van der Waals surface area contributed by atoms with Crippen LogP contribution in [0.1, 0.15) is 24.5 Å². The van der Waals surface area contributed by atoms with E-state index in [1.807, 2.05) is 61.5 Å². The van der Waals surface area contributed by atoms with Gasteiger partial charge in [0.1, 0.15) is 12.6 Å². The monoisotopic (exact) mass is 630 g/mol. The molecule has 0 fully saturated rings. The smallest absolute Gasteiger partial charge is 0.271 e. The highest BCUT2D eigenvalue weighted by Gasteiger charge is 2.33. The molecule has 212 valence electrons. The third kappa shape index (κ3) is 8.62. The van der Waals surface area contributed by atoms with E-state index in [4.69, 9.17) is 0 Å². The molecule has 0 saturated carbocycles. The van der Waals surface area contributed by atoms with E-state index < -0.39 is 33.4 Å². The first-order chi connectivity index (χ1) is 19.0. The van der Waals surface area contributed by atoms with Gasteiger partial charge in [0.25, 0.3) is 5.69 Å². The second-order valence-corrected chi connectivity index (χ2v) is 12.0. The maximum absolute atomic E-state index is 14.0. The zero-order chi connectivity index (χ0) is 29.3. The number of anilines is 1. The standard InChI is InChI=1S/C28H31BrN4O6S/c1-3-16-30-28(35)26(17-21-8-5-4-6-9-21)31(19-22-12-14-23(29)15-13-22)27(34)20-32(40(2,38)39)24-10-7-11-25(18-24)33(36)37/h4-15,18,26H,3,16-17,19-20H2,1-2H3,(H,30,35)/t26-/m0/s1. The summed E-state index contributed by atoms with van der Waals surface area (Å²) in [5.74, 6) is -0.996. The Morgan fingerprint density at radius 3 is 2.27 bits per heavy atom. The SMILES string of the molecule is CCCNC(=O)[C@H](Cc1ccccc1)N(Cc1ccc(Br)cc1)C(=O)CN(c1cccc([N+](=O)[O-])c1)S(C)(=O)=O. The molecule has 0 unspecified atom stereocenters. The summed E-state index contributed by atoms with van der Waals surface area (Å²) in [4.78, 5) is 39.5. The maximum Gasteiger partial charge on any atom is 0.271 e. The van der Waals surface area contributed by atoms with Crippen molar-refractivity contribution in [3.63, 3.8) is 0 Å². The van der Waals surface area contributed by atoms with Gasteiger partial charge >= 0.3 is 0 Å². The fraction of sp³-hybridized carbons (Fsp3) is 0.286. The molecule has 0 heterocycles. The van der Waals surface area contributed by atoms with Crippen LogP contribution in [0.15, 0.2) is 83.3 Å². The minimum Gasteiger partial charge on any atom is -0.354 e. The maximum atomic E-state index is 14.0. The summed E-state index contributed by atoms with van der Waals surface area (Å²) >= 11 is 3.40. The van der Waals surface area contributed by atoms with E-state index in [2.05, 4.69) is 21.2 Å². The molecule has 0 radical (unpaired) electrons. The highest BCUT2D eigenvalue weighted by Crippen LogP contribution is 2.24. The molecule has 1 atom stereocenters. The molecule has 3 rings (SSSR count). The van der Waals surface area contributed by atoms with Gasteiger partial charge in [0.05, 0.1) is 16.9 Å². The number of nitro benzene ring substituents is 1. The minimum atomic E-state index is -4.03. The fourth-order valence-corrected chi connectivity index (χ4v) is 5.19. The van der Waals surface area contributed by atoms with Gasteiger partial charge in [-0.05, 0) is 35.7 Å². The number of nitrogens with zero attached hydrogens (tertiary/aromatic N) is 3. The first-order valence-electron chi connectivity index (χ1n) is 12.6. The van der Waals surface area contributed by atoms with Crippen molar-refractivity contribution in [1.82, 2.24) is 10.2 Å². The summed E-state index contributed by atoms with van der Waals surface area (Å²) < 4.78 is 27.3. The van der Waals surface area contributed by atoms with Crippen LogP contribution in [-0.4, -0.2) is 55.4 Å². The average Bonchev–Trinajstić information content (AvgIpc) is 2.93. The normalized spacial score (nSPS) is 11.9. The second kappa shape index (κ2) is 14.0. The lowest BCUT2D eigenvalue weighted by atomic mass is 10.0. The van der Waals surface area contributed by atoms with Crippen LogP contribution in [0.2, 0.25) is 0 Å². The largest absolute Gasteiger partial charge is 0.354 e. The number of carbonyl (C=O) groups is 2. The molecule has 0 aliphatic carbocycles. The summed E-state index contributed by atoms with van der Waals surface area (Å²) in [6, 6.07) is 20.6. The predicted molar refractivity (Wildman–Crippen MR) is 157 cm³/mol. The number of amides is 2. The molecule has 0 aromatic heterocycles. The summed E-state index contributed by atoms with van der Waals surface area (Å²) in [6.45, 7) is 1.71. The first kappa shape index (κ1) is 30.8. The Balaban J connectivity index is 2.05. The van der Waals surface area contributed by atoms with Crippen LogP contribution in [0.25, 0.3) is 0 Å². The number of hydrogen-bond donors (Lipinski definition) is 1. The third-order valence-electron chi connectivity index (χ3n) is 6.09. The Bertz CT molecular complexity index is 1430. The Labute approximate surface area is 242 Å². The molecular formula is C28H31BrN4O6S. The number of sulfonamides is 1. The number of carbonyl (C=O) groups excluding carboxylic acids is 2. The van der Waals surface area contributed by atoms with Crippen LogP contribution in [0.3, 0.4) is 0 Å². The van der Waals surface area contributed by atoms with Gasteiger partial charge in [-0.3, -0.25) is 24.0 Å². The molecule has 1 N–H and O–H groups in total. The van der Waals surface area contributed by atoms with Crippen molar-refractivity contribution in [2.24, 2.45) is 0 Å². The molecule has 12 heteroatoms. The van der Waals surface area contributed by atoms with Crippen molar-refractivity contribution in [3.05, 3.63) is 105 Å². The molecule has 0 bridgehead atoms. The van der Waals surface area contributed by atoms with Gasteiger partial charge < -0.3 is 10.2 Å². The van der Waals surface area contributed by atoms with Crippen LogP contribution in [0.4, 0.5) is 11.4 Å². The summed E-state index contributed by atoms with van der Waals surface area (Å²) in [5.41, 5.74) is 1.22. The molecule has 10 nitrogen and oxygen atoms in total. The third-order valence-corrected chi connectivity index (χ3v) is 7.76. The van der Waals surface area contributed by atoms with Gasteiger partial charge in [-0.1, -0.05) is 71.4 Å². The van der Waals surface area contributed by atoms with E-state index in [9.17, 15) is 28.1 Å². The molecule has 0 saturated heterocycles. The van der Waals surface area contributed by atoms with Crippen molar-refractivity contribution in [1.29, 1.82) is 0 Å². The number of benzene rings is 3. The molecule has 0 aliphatic rings. The second-order valence-electron chi connectivity index (χ2n) is 9.19. The van der Waals surface area contributed by atoms with Crippen molar-refractivity contribution < 1.29 is 22.9 Å². The lowest BCUT2D eigenvalue weighted by Crippen LogP contribution is -2.53. The van der Waals surface area contributed by atoms with Crippen LogP contribution < -0.4 is 9.62 Å². The van der Waals surface area contributed by atoms with E-state index in [0.29, 0.717) is 13.0 Å². The van der Waals surface area contributed by atoms with E-state index >= 15 is 0 Å². The van der Waals surface area contributed by atoms with Crippen molar-refractivity contribution in [2.45, 2.75) is 32.4 Å². The highest BCUT2D eigenvalue weighted by molar-refractivity contribution is 9.10. The minimum absolute atomic E-state index is 0.0244. The number of halogens is 1. The number of rotatable bonds is 13. The average molecular weight is 632 g/mol. The van der Waals surface area contributed by atoms with Crippen LogP contribution >= 0.6 is 15.9 Å². The van der Waals surface area contributed by atoms with E-state index in [1.165, 1.54) is 23.1 Å². The number of non-ortho nitro benzene ring substituents is 1. The van der Waals surface area contributed by atoms with Crippen LogP contribution in [0.5, 0.6) is 0 Å². The summed E-state index contributed by atoms with van der Waals surface area (Å²) in [5, 5.41) is 14.2. The zero-order valence-corrected chi connectivity index (χ0v) is 24.6. The van der Waals surface area contributed by atoms with Gasteiger partial charge in [0.2, 0.25) is 21.8 Å². The van der Waals surface area contributed by atoms with E-state index in [-0.39, 0.29) is 30.2 Å². The van der Waals surface area contributed by atoms with E-state index in [0.717, 1.165) is 32.2 Å². The summed E-state index contributed by atoms with van der Waals surface area (Å²) in [7, 11) is -4.03. The highest BCUT2D eigenvalue weighted by atomic mass is 79.9. The topological polar surface area (TPSA) is 130 Å². The first-order valence-corrected chi connectivity index (χ1v) is 15.2. The quantitative estimate of drug-likeness (QED) is 0.221. The number of nitrogens with one attached hydrogen (secondary N) is 1. The lowest BCUT2D eigenvalue weighted by Gasteiger charge is -2.33. The lowest BCUT2D eigenvalue weighted by molar-refractivity contribution is -0.384. The van der Waals surface area contributed by atoms with Gasteiger partial charge in [-0.25, -0.2) is 8.42 Å². The molecule has 3 aromatic rings. The van der Waals surface area contributed by atoms with Crippen molar-refractivity contribution >= 4 is 49.1 Å². The predicted octanol–water partition coefficient (Wildman–Crippen LogP) is 4.29. The molecule has 3 aromatic carbocycles. The molecule has 2 amide bonds. The summed E-state index contributed by atoms with van der Waals surface area (Å²) in [6.07, 6.45) is 1.82. The number of nitro groups is 1. The number of hydrogen-bond acceptors (Lipinski definition) is 6. The van der Waals surface area contributed by atoms with Crippen molar-refractivity contribution in [3.8, 4) is 0 Å². The molecule has 40 heavy (non-hydrogen) atoms. The molecular weight excluding hydrogens is 600 g/mol. The van der Waals surface area contributed by atoms with E-state index in [1.54, 1.807) is 0 Å². The van der Waals surface area contributed by atoms with Crippen LogP contribution in [-0.2, 0) is 32.6 Å². The van der Waals surface area contributed by atoms with Crippen LogP contribution in [0, 0.1) is 10.1 Å². The Morgan fingerprint density at radius 2 is 1.68 bits per heavy atom.